The van der Waals surface area contributed by atoms with Gasteiger partial charge < -0.3 is 5.73 Å². The van der Waals surface area contributed by atoms with Crippen LogP contribution in [0.2, 0.25) is 0 Å². The minimum Gasteiger partial charge on any atom is -0.330 e. The van der Waals surface area contributed by atoms with Crippen molar-refractivity contribution in [3.8, 4) is 0 Å². The van der Waals surface area contributed by atoms with Crippen LogP contribution >= 0.6 is 0 Å². The SMILES string of the molecule is CCC(CN)c1ccc(F)cc1F. The molecule has 0 fully saturated rings. The second kappa shape index (κ2) is 4.33. The fourth-order valence-electron chi connectivity index (χ4n) is 1.35. The number of hydrogen-bond donors (Lipinski definition) is 1. The van der Waals surface area contributed by atoms with Crippen LogP contribution in [0.15, 0.2) is 18.2 Å². The summed E-state index contributed by atoms with van der Waals surface area (Å²) < 4.78 is 25.7. The average Bonchev–Trinajstić information content (AvgIpc) is 2.10. The molecule has 0 bridgehead atoms. The maximum absolute atomic E-state index is 13.2. The highest BCUT2D eigenvalue weighted by atomic mass is 19.1. The summed E-state index contributed by atoms with van der Waals surface area (Å²) in [4.78, 5) is 0. The fraction of sp³-hybridized carbons (Fsp3) is 0.400. The van der Waals surface area contributed by atoms with Gasteiger partial charge in [0.2, 0.25) is 0 Å². The molecule has 0 aliphatic carbocycles. The summed E-state index contributed by atoms with van der Waals surface area (Å²) >= 11 is 0. The van der Waals surface area contributed by atoms with E-state index in [1.54, 1.807) is 0 Å². The molecule has 13 heavy (non-hydrogen) atoms. The van der Waals surface area contributed by atoms with Crippen molar-refractivity contribution in [2.45, 2.75) is 19.3 Å². The Morgan fingerprint density at radius 3 is 2.54 bits per heavy atom. The van der Waals surface area contributed by atoms with Crippen LogP contribution in [0.4, 0.5) is 8.78 Å². The molecular formula is C10H13F2N. The first-order valence-electron chi connectivity index (χ1n) is 4.34. The molecule has 1 rings (SSSR count). The molecule has 1 unspecified atom stereocenters. The van der Waals surface area contributed by atoms with Gasteiger partial charge in [-0.15, -0.1) is 0 Å². The van der Waals surface area contributed by atoms with Crippen molar-refractivity contribution in [3.63, 3.8) is 0 Å². The van der Waals surface area contributed by atoms with Crippen LogP contribution in [0, 0.1) is 11.6 Å². The Balaban J connectivity index is 2.99. The first kappa shape index (κ1) is 10.1. The van der Waals surface area contributed by atoms with Crippen molar-refractivity contribution in [2.24, 2.45) is 5.73 Å². The quantitative estimate of drug-likeness (QED) is 0.768. The zero-order valence-electron chi connectivity index (χ0n) is 7.56. The molecule has 0 heterocycles. The molecule has 0 saturated heterocycles. The third-order valence-corrected chi connectivity index (χ3v) is 2.18. The molecule has 1 aromatic rings. The Bertz CT molecular complexity index is 282. The first-order chi connectivity index (χ1) is 6.19. The van der Waals surface area contributed by atoms with E-state index in [0.717, 1.165) is 12.5 Å². The molecule has 1 atom stereocenters. The Kier molecular flexibility index (Phi) is 3.37. The molecule has 3 heteroatoms. The normalized spacial score (nSPS) is 12.9. The number of halogens is 2. The summed E-state index contributed by atoms with van der Waals surface area (Å²) in [5.74, 6) is -1.06. The molecule has 0 saturated carbocycles. The van der Waals surface area contributed by atoms with Crippen molar-refractivity contribution in [3.05, 3.63) is 35.4 Å². The number of nitrogens with two attached hydrogens (primary N) is 1. The Morgan fingerprint density at radius 1 is 1.38 bits per heavy atom. The second-order valence-corrected chi connectivity index (χ2v) is 3.01. The van der Waals surface area contributed by atoms with Crippen molar-refractivity contribution in [2.75, 3.05) is 6.54 Å². The molecule has 0 amide bonds. The maximum Gasteiger partial charge on any atom is 0.129 e. The van der Waals surface area contributed by atoms with E-state index in [1.807, 2.05) is 6.92 Å². The van der Waals surface area contributed by atoms with E-state index in [4.69, 9.17) is 5.73 Å². The summed E-state index contributed by atoms with van der Waals surface area (Å²) in [6.07, 6.45) is 0.763. The van der Waals surface area contributed by atoms with E-state index >= 15 is 0 Å². The van der Waals surface area contributed by atoms with Gasteiger partial charge in [-0.3, -0.25) is 0 Å². The van der Waals surface area contributed by atoms with Crippen molar-refractivity contribution < 1.29 is 8.78 Å². The van der Waals surface area contributed by atoms with Gasteiger partial charge in [0, 0.05) is 6.07 Å². The van der Waals surface area contributed by atoms with E-state index in [-0.39, 0.29) is 5.92 Å². The standard InChI is InChI=1S/C10H13F2N/c1-2-7(6-13)9-4-3-8(11)5-10(9)12/h3-5,7H,2,6,13H2,1H3. The van der Waals surface area contributed by atoms with Crippen molar-refractivity contribution in [1.29, 1.82) is 0 Å². The van der Waals surface area contributed by atoms with E-state index in [9.17, 15) is 8.78 Å². The zero-order chi connectivity index (χ0) is 9.84. The highest BCUT2D eigenvalue weighted by Crippen LogP contribution is 2.21. The molecule has 1 aromatic carbocycles. The van der Waals surface area contributed by atoms with Crippen LogP contribution in [0.3, 0.4) is 0 Å². The Morgan fingerprint density at radius 2 is 2.08 bits per heavy atom. The molecular weight excluding hydrogens is 172 g/mol. The topological polar surface area (TPSA) is 26.0 Å². The lowest BCUT2D eigenvalue weighted by molar-refractivity contribution is 0.548. The Labute approximate surface area is 76.6 Å². The van der Waals surface area contributed by atoms with Crippen LogP contribution in [0.25, 0.3) is 0 Å². The maximum atomic E-state index is 13.2. The van der Waals surface area contributed by atoms with Gasteiger partial charge in [-0.05, 0) is 30.5 Å². The molecule has 0 aromatic heterocycles. The van der Waals surface area contributed by atoms with Gasteiger partial charge in [0.25, 0.3) is 0 Å². The molecule has 1 nitrogen and oxygen atoms in total. The minimum absolute atomic E-state index is 0.0133. The van der Waals surface area contributed by atoms with Gasteiger partial charge in [0.15, 0.2) is 0 Å². The average molecular weight is 185 g/mol. The van der Waals surface area contributed by atoms with Gasteiger partial charge >= 0.3 is 0 Å². The van der Waals surface area contributed by atoms with Gasteiger partial charge in [-0.2, -0.15) is 0 Å². The van der Waals surface area contributed by atoms with Gasteiger partial charge in [-0.1, -0.05) is 13.0 Å². The smallest absolute Gasteiger partial charge is 0.129 e. The highest BCUT2D eigenvalue weighted by molar-refractivity contribution is 5.22. The highest BCUT2D eigenvalue weighted by Gasteiger charge is 2.12. The number of rotatable bonds is 3. The number of hydrogen-bond acceptors (Lipinski definition) is 1. The van der Waals surface area contributed by atoms with Gasteiger partial charge in [-0.25, -0.2) is 8.78 Å². The lowest BCUT2D eigenvalue weighted by Gasteiger charge is -2.13. The lowest BCUT2D eigenvalue weighted by atomic mass is 9.96. The summed E-state index contributed by atoms with van der Waals surface area (Å²) in [5.41, 5.74) is 5.97. The van der Waals surface area contributed by atoms with E-state index < -0.39 is 11.6 Å². The Hall–Kier alpha value is -0.960. The predicted octanol–water partition coefficient (Wildman–Crippen LogP) is 2.42. The summed E-state index contributed by atoms with van der Waals surface area (Å²) in [6, 6.07) is 3.62. The molecule has 0 radical (unpaired) electrons. The monoisotopic (exact) mass is 185 g/mol. The minimum atomic E-state index is -0.548. The molecule has 0 aliphatic heterocycles. The van der Waals surface area contributed by atoms with Gasteiger partial charge in [0.1, 0.15) is 11.6 Å². The summed E-state index contributed by atoms with van der Waals surface area (Å²) in [7, 11) is 0. The van der Waals surface area contributed by atoms with E-state index in [2.05, 4.69) is 0 Å². The molecule has 2 N–H and O–H groups in total. The summed E-state index contributed by atoms with van der Waals surface area (Å²) in [5, 5.41) is 0. The number of benzene rings is 1. The van der Waals surface area contributed by atoms with E-state index in [0.29, 0.717) is 12.1 Å². The van der Waals surface area contributed by atoms with Gasteiger partial charge in [0.05, 0.1) is 0 Å². The first-order valence-corrected chi connectivity index (χ1v) is 4.34. The largest absolute Gasteiger partial charge is 0.330 e. The van der Waals surface area contributed by atoms with Crippen LogP contribution in [0.5, 0.6) is 0 Å². The van der Waals surface area contributed by atoms with Crippen molar-refractivity contribution in [1.82, 2.24) is 0 Å². The predicted molar refractivity (Wildman–Crippen MR) is 48.4 cm³/mol. The molecule has 0 spiro atoms. The van der Waals surface area contributed by atoms with Crippen LogP contribution in [0.1, 0.15) is 24.8 Å². The third-order valence-electron chi connectivity index (χ3n) is 2.18. The molecule has 72 valence electrons. The zero-order valence-corrected chi connectivity index (χ0v) is 7.56. The molecule has 0 aliphatic rings. The van der Waals surface area contributed by atoms with Crippen LogP contribution < -0.4 is 5.73 Å². The fourth-order valence-corrected chi connectivity index (χ4v) is 1.35. The second-order valence-electron chi connectivity index (χ2n) is 3.01. The third kappa shape index (κ3) is 2.25. The van der Waals surface area contributed by atoms with E-state index in [1.165, 1.54) is 12.1 Å². The lowest BCUT2D eigenvalue weighted by Crippen LogP contribution is -2.13. The van der Waals surface area contributed by atoms with Crippen LogP contribution in [-0.4, -0.2) is 6.54 Å². The summed E-state index contributed by atoms with van der Waals surface area (Å²) in [6.45, 7) is 2.32. The van der Waals surface area contributed by atoms with Crippen LogP contribution in [-0.2, 0) is 0 Å². The van der Waals surface area contributed by atoms with Crippen molar-refractivity contribution >= 4 is 0 Å².